The van der Waals surface area contributed by atoms with Gasteiger partial charge in [0.25, 0.3) is 0 Å². The summed E-state index contributed by atoms with van der Waals surface area (Å²) in [5, 5.41) is 7.30. The number of rotatable bonds is 5. The van der Waals surface area contributed by atoms with Gasteiger partial charge in [0, 0.05) is 12.5 Å². The molecule has 0 spiro atoms. The van der Waals surface area contributed by atoms with Crippen molar-refractivity contribution in [3.63, 3.8) is 0 Å². The lowest BCUT2D eigenvalue weighted by atomic mass is 9.96. The molecule has 4 nitrogen and oxygen atoms in total. The molecule has 0 saturated heterocycles. The van der Waals surface area contributed by atoms with Crippen LogP contribution in [-0.2, 0) is 11.8 Å². The Labute approximate surface area is 113 Å². The van der Waals surface area contributed by atoms with Crippen molar-refractivity contribution in [2.45, 2.75) is 37.6 Å². The highest BCUT2D eigenvalue weighted by molar-refractivity contribution is 5.37. The minimum atomic E-state index is -0.0185. The van der Waals surface area contributed by atoms with Gasteiger partial charge in [0.1, 0.15) is 0 Å². The molecule has 0 radical (unpaired) electrons. The van der Waals surface area contributed by atoms with Gasteiger partial charge in [0.2, 0.25) is 5.89 Å². The van der Waals surface area contributed by atoms with Gasteiger partial charge in [-0.15, -0.1) is 0 Å². The van der Waals surface area contributed by atoms with Crippen molar-refractivity contribution < 1.29 is 4.52 Å². The number of nitrogens with one attached hydrogen (secondary N) is 1. The molecular weight excluding hydrogens is 238 g/mol. The van der Waals surface area contributed by atoms with Crippen LogP contribution in [0, 0.1) is 0 Å². The van der Waals surface area contributed by atoms with Gasteiger partial charge in [-0.05, 0) is 32.4 Å². The van der Waals surface area contributed by atoms with E-state index >= 15 is 0 Å². The molecule has 2 aromatic rings. The lowest BCUT2D eigenvalue weighted by Gasteiger charge is -2.09. The molecule has 1 atom stereocenters. The molecule has 1 aromatic heterocycles. The fourth-order valence-corrected chi connectivity index (χ4v) is 2.42. The Hall–Kier alpha value is -1.68. The number of benzene rings is 1. The second kappa shape index (κ2) is 4.78. The summed E-state index contributed by atoms with van der Waals surface area (Å²) < 4.78 is 5.50. The highest BCUT2D eigenvalue weighted by Crippen LogP contribution is 2.52. The first-order valence-corrected chi connectivity index (χ1v) is 6.80. The molecule has 1 N–H and O–H groups in total. The normalized spacial score (nSPS) is 18.2. The predicted molar refractivity (Wildman–Crippen MR) is 73.0 cm³/mol. The molecule has 1 unspecified atom stereocenters. The van der Waals surface area contributed by atoms with E-state index in [2.05, 4.69) is 46.6 Å². The van der Waals surface area contributed by atoms with Crippen LogP contribution in [0.2, 0.25) is 0 Å². The first kappa shape index (κ1) is 12.4. The molecule has 0 amide bonds. The first-order chi connectivity index (χ1) is 9.24. The van der Waals surface area contributed by atoms with Crippen molar-refractivity contribution in [3.05, 3.63) is 47.6 Å². The van der Waals surface area contributed by atoms with E-state index in [9.17, 15) is 0 Å². The number of hydrogen-bond donors (Lipinski definition) is 1. The van der Waals surface area contributed by atoms with Gasteiger partial charge in [0.15, 0.2) is 5.82 Å². The van der Waals surface area contributed by atoms with Gasteiger partial charge in [-0.25, -0.2) is 0 Å². The Morgan fingerprint density at radius 2 is 2.05 bits per heavy atom. The van der Waals surface area contributed by atoms with E-state index < -0.39 is 0 Å². The molecule has 0 aliphatic heterocycles. The van der Waals surface area contributed by atoms with Crippen molar-refractivity contribution in [1.82, 2.24) is 15.5 Å². The largest absolute Gasteiger partial charge is 0.338 e. The molecule has 1 saturated carbocycles. The quantitative estimate of drug-likeness (QED) is 0.893. The van der Waals surface area contributed by atoms with Gasteiger partial charge in [0.05, 0.1) is 5.41 Å². The smallest absolute Gasteiger partial charge is 0.237 e. The van der Waals surface area contributed by atoms with Crippen LogP contribution in [0.5, 0.6) is 0 Å². The van der Waals surface area contributed by atoms with Crippen molar-refractivity contribution in [1.29, 1.82) is 0 Å². The summed E-state index contributed by atoms with van der Waals surface area (Å²) in [6.45, 7) is 2.11. The second-order valence-corrected chi connectivity index (χ2v) is 5.36. The van der Waals surface area contributed by atoms with Crippen LogP contribution in [0.25, 0.3) is 0 Å². The molecule has 0 bridgehead atoms. The first-order valence-electron chi connectivity index (χ1n) is 6.80. The average molecular weight is 257 g/mol. The molecule has 1 fully saturated rings. The van der Waals surface area contributed by atoms with Crippen molar-refractivity contribution in [3.8, 4) is 0 Å². The molecular formula is C15H19N3O. The lowest BCUT2D eigenvalue weighted by Crippen LogP contribution is -2.24. The van der Waals surface area contributed by atoms with E-state index in [0.717, 1.165) is 31.0 Å². The summed E-state index contributed by atoms with van der Waals surface area (Å²) in [5.41, 5.74) is 1.27. The van der Waals surface area contributed by atoms with Crippen LogP contribution in [0.1, 0.15) is 37.0 Å². The molecule has 1 aliphatic rings. The Morgan fingerprint density at radius 1 is 1.32 bits per heavy atom. The van der Waals surface area contributed by atoms with Crippen LogP contribution in [-0.4, -0.2) is 23.2 Å². The zero-order valence-corrected chi connectivity index (χ0v) is 11.4. The van der Waals surface area contributed by atoms with Crippen molar-refractivity contribution in [2.75, 3.05) is 7.05 Å². The van der Waals surface area contributed by atoms with Crippen LogP contribution in [0.4, 0.5) is 0 Å². The van der Waals surface area contributed by atoms with E-state index in [4.69, 9.17) is 4.52 Å². The summed E-state index contributed by atoms with van der Waals surface area (Å²) in [7, 11) is 1.94. The number of nitrogens with zero attached hydrogens (tertiary/aromatic N) is 2. The molecule has 3 rings (SSSR count). The molecule has 19 heavy (non-hydrogen) atoms. The number of hydrogen-bond acceptors (Lipinski definition) is 4. The van der Waals surface area contributed by atoms with Gasteiger partial charge in [-0.3, -0.25) is 0 Å². The zero-order valence-electron chi connectivity index (χ0n) is 11.4. The van der Waals surface area contributed by atoms with E-state index in [1.54, 1.807) is 0 Å². The summed E-state index contributed by atoms with van der Waals surface area (Å²) in [6, 6.07) is 10.8. The molecule has 100 valence electrons. The maximum atomic E-state index is 5.50. The minimum absolute atomic E-state index is 0.0185. The van der Waals surface area contributed by atoms with Crippen molar-refractivity contribution >= 4 is 0 Å². The predicted octanol–water partition coefficient (Wildman–Crippen LogP) is 2.30. The molecule has 1 heterocycles. The fourth-order valence-electron chi connectivity index (χ4n) is 2.42. The zero-order chi connectivity index (χ0) is 13.3. The average Bonchev–Trinajstić information content (AvgIpc) is 3.14. The maximum Gasteiger partial charge on any atom is 0.237 e. The van der Waals surface area contributed by atoms with Crippen LogP contribution < -0.4 is 5.32 Å². The van der Waals surface area contributed by atoms with Crippen molar-refractivity contribution in [2.24, 2.45) is 0 Å². The molecule has 1 aliphatic carbocycles. The third-order valence-corrected chi connectivity index (χ3v) is 3.94. The summed E-state index contributed by atoms with van der Waals surface area (Å²) >= 11 is 0. The topological polar surface area (TPSA) is 51.0 Å². The standard InChI is InChI=1S/C15H19N3O/c1-11(16-2)10-13-17-14(19-18-13)15(8-9-15)12-6-4-3-5-7-12/h3-7,11,16H,8-10H2,1-2H3. The third kappa shape index (κ3) is 2.28. The highest BCUT2D eigenvalue weighted by atomic mass is 16.5. The summed E-state index contributed by atoms with van der Waals surface area (Å²) in [5.74, 6) is 1.57. The molecule has 1 aromatic carbocycles. The molecule has 4 heteroatoms. The van der Waals surface area contributed by atoms with Crippen LogP contribution in [0.3, 0.4) is 0 Å². The second-order valence-electron chi connectivity index (χ2n) is 5.36. The van der Waals surface area contributed by atoms with E-state index in [-0.39, 0.29) is 5.41 Å². The Balaban J connectivity index is 1.83. The van der Waals surface area contributed by atoms with Crippen LogP contribution in [0.15, 0.2) is 34.9 Å². The Morgan fingerprint density at radius 3 is 2.68 bits per heavy atom. The maximum absolute atomic E-state index is 5.50. The lowest BCUT2D eigenvalue weighted by molar-refractivity contribution is 0.354. The number of likely N-dealkylation sites (N-methyl/N-ethyl adjacent to an activating group) is 1. The van der Waals surface area contributed by atoms with E-state index in [0.29, 0.717) is 6.04 Å². The Bertz CT molecular complexity index is 546. The summed E-state index contributed by atoms with van der Waals surface area (Å²) in [4.78, 5) is 4.59. The van der Waals surface area contributed by atoms with Gasteiger partial charge >= 0.3 is 0 Å². The Kier molecular flexibility index (Phi) is 3.11. The van der Waals surface area contributed by atoms with Gasteiger partial charge < -0.3 is 9.84 Å². The van der Waals surface area contributed by atoms with Gasteiger partial charge in [-0.2, -0.15) is 4.98 Å². The third-order valence-electron chi connectivity index (χ3n) is 3.94. The van der Waals surface area contributed by atoms with E-state index in [1.165, 1.54) is 5.56 Å². The highest BCUT2D eigenvalue weighted by Gasteiger charge is 2.50. The van der Waals surface area contributed by atoms with Crippen LogP contribution >= 0.6 is 0 Å². The minimum Gasteiger partial charge on any atom is -0.338 e. The van der Waals surface area contributed by atoms with E-state index in [1.807, 2.05) is 13.1 Å². The number of aromatic nitrogens is 2. The van der Waals surface area contributed by atoms with Gasteiger partial charge in [-0.1, -0.05) is 35.5 Å². The fraction of sp³-hybridized carbons (Fsp3) is 0.467. The summed E-state index contributed by atoms with van der Waals surface area (Å²) in [6.07, 6.45) is 2.99. The SMILES string of the molecule is CNC(C)Cc1noc(C2(c3ccccc3)CC2)n1. The monoisotopic (exact) mass is 257 g/mol.